The molecule has 0 saturated carbocycles. The maximum Gasteiger partial charge on any atom is 0.191 e. The van der Waals surface area contributed by atoms with E-state index in [-0.39, 0.29) is 24.0 Å². The van der Waals surface area contributed by atoms with Gasteiger partial charge in [-0.25, -0.2) is 0 Å². The van der Waals surface area contributed by atoms with E-state index in [2.05, 4.69) is 47.4 Å². The number of nitrogens with one attached hydrogen (secondary N) is 2. The van der Waals surface area contributed by atoms with E-state index in [4.69, 9.17) is 4.74 Å². The molecule has 1 aromatic rings. The smallest absolute Gasteiger partial charge is 0.191 e. The van der Waals surface area contributed by atoms with Crippen molar-refractivity contribution < 1.29 is 4.74 Å². The minimum atomic E-state index is 0. The Kier molecular flexibility index (Phi) is 9.56. The van der Waals surface area contributed by atoms with Crippen molar-refractivity contribution in [2.75, 3.05) is 33.8 Å². The number of guanidine groups is 1. The maximum atomic E-state index is 5.41. The highest BCUT2D eigenvalue weighted by atomic mass is 127. The first kappa shape index (κ1) is 22.0. The topological polar surface area (TPSA) is 48.9 Å². The molecule has 2 atom stereocenters. The summed E-state index contributed by atoms with van der Waals surface area (Å²) in [5, 5.41) is 7.01. The Bertz CT molecular complexity index is 550. The van der Waals surface area contributed by atoms with Crippen LogP contribution >= 0.6 is 24.0 Å². The molecular weight excluding hydrogens is 427 g/mol. The lowest BCUT2D eigenvalue weighted by atomic mass is 10.1. The van der Waals surface area contributed by atoms with Crippen molar-refractivity contribution in [3.63, 3.8) is 0 Å². The maximum absolute atomic E-state index is 5.41. The van der Waals surface area contributed by atoms with Crippen LogP contribution in [-0.4, -0.2) is 56.7 Å². The molecule has 1 saturated heterocycles. The number of halogens is 1. The number of hydrogen-bond donors (Lipinski definition) is 2. The Balaban J connectivity index is 0.00000312. The van der Waals surface area contributed by atoms with Crippen molar-refractivity contribution in [3.8, 4) is 5.75 Å². The van der Waals surface area contributed by atoms with Crippen LogP contribution in [0.4, 0.5) is 0 Å². The molecule has 2 rings (SSSR count). The van der Waals surface area contributed by atoms with Gasteiger partial charge in [0.2, 0.25) is 0 Å². The number of aliphatic imine (C=N–C) groups is 1. The molecule has 5 nitrogen and oxygen atoms in total. The molecule has 0 spiro atoms. The van der Waals surface area contributed by atoms with Crippen molar-refractivity contribution in [2.45, 2.75) is 39.3 Å². The third-order valence-electron chi connectivity index (χ3n) is 4.80. The second-order valence-electron chi connectivity index (χ2n) is 6.84. The van der Waals surface area contributed by atoms with Gasteiger partial charge in [-0.2, -0.15) is 0 Å². The van der Waals surface area contributed by atoms with Gasteiger partial charge in [0.05, 0.1) is 7.11 Å². The molecule has 2 unspecified atom stereocenters. The first-order valence-electron chi connectivity index (χ1n) is 8.88. The number of likely N-dealkylation sites (tertiary alicyclic amines) is 1. The quantitative estimate of drug-likeness (QED) is 0.390. The van der Waals surface area contributed by atoms with Crippen LogP contribution in [0.2, 0.25) is 0 Å². The van der Waals surface area contributed by atoms with Crippen LogP contribution in [0.15, 0.2) is 29.3 Å². The molecule has 142 valence electrons. The van der Waals surface area contributed by atoms with Crippen molar-refractivity contribution in [1.29, 1.82) is 0 Å². The predicted octanol–water partition coefficient (Wildman–Crippen LogP) is 2.75. The molecule has 25 heavy (non-hydrogen) atoms. The summed E-state index contributed by atoms with van der Waals surface area (Å²) in [6, 6.07) is 9.20. The first-order chi connectivity index (χ1) is 11.5. The zero-order valence-corrected chi connectivity index (χ0v) is 18.4. The number of nitrogens with zero attached hydrogens (tertiary/aromatic N) is 2. The van der Waals surface area contributed by atoms with Gasteiger partial charge in [-0.05, 0) is 37.8 Å². The third-order valence-corrected chi connectivity index (χ3v) is 4.80. The Hall–Kier alpha value is -1.02. The third kappa shape index (κ3) is 6.33. The highest BCUT2D eigenvalue weighted by Gasteiger charge is 2.31. The molecule has 0 aromatic heterocycles. The largest absolute Gasteiger partial charge is 0.496 e. The molecule has 1 aliphatic rings. The van der Waals surface area contributed by atoms with E-state index in [0.717, 1.165) is 37.8 Å². The number of methoxy groups -OCH3 is 1. The second-order valence-corrected chi connectivity index (χ2v) is 6.84. The van der Waals surface area contributed by atoms with E-state index >= 15 is 0 Å². The average Bonchev–Trinajstić information content (AvgIpc) is 2.95. The lowest BCUT2D eigenvalue weighted by molar-refractivity contribution is 0.265. The Morgan fingerprint density at radius 1 is 1.32 bits per heavy atom. The summed E-state index contributed by atoms with van der Waals surface area (Å²) in [6.07, 6.45) is 0.906. The predicted molar refractivity (Wildman–Crippen MR) is 116 cm³/mol. The summed E-state index contributed by atoms with van der Waals surface area (Å²) in [4.78, 5) is 6.89. The highest BCUT2D eigenvalue weighted by Crippen LogP contribution is 2.19. The number of rotatable bonds is 6. The van der Waals surface area contributed by atoms with Gasteiger partial charge in [0, 0.05) is 38.8 Å². The zero-order valence-electron chi connectivity index (χ0n) is 16.1. The molecule has 2 N–H and O–H groups in total. The van der Waals surface area contributed by atoms with Crippen molar-refractivity contribution in [2.24, 2.45) is 10.9 Å². The summed E-state index contributed by atoms with van der Waals surface area (Å²) in [5.41, 5.74) is 1.21. The molecule has 6 heteroatoms. The van der Waals surface area contributed by atoms with Crippen LogP contribution in [0, 0.1) is 5.92 Å². The highest BCUT2D eigenvalue weighted by molar-refractivity contribution is 14.0. The molecule has 1 aromatic carbocycles. The SMILES string of the molecule is CN=C(NCCc1ccccc1OC)NC1CN(C(C)C)CC1C.I. The summed E-state index contributed by atoms with van der Waals surface area (Å²) in [6.45, 7) is 9.88. The van der Waals surface area contributed by atoms with E-state index in [1.165, 1.54) is 5.56 Å². The summed E-state index contributed by atoms with van der Waals surface area (Å²) < 4.78 is 5.41. The van der Waals surface area contributed by atoms with Crippen LogP contribution in [-0.2, 0) is 6.42 Å². The fourth-order valence-electron chi connectivity index (χ4n) is 3.21. The van der Waals surface area contributed by atoms with E-state index in [1.807, 2.05) is 25.2 Å². The number of ether oxygens (including phenoxy) is 1. The summed E-state index contributed by atoms with van der Waals surface area (Å²) in [7, 11) is 3.55. The lowest BCUT2D eigenvalue weighted by Gasteiger charge is -2.22. The van der Waals surface area contributed by atoms with E-state index < -0.39 is 0 Å². The zero-order chi connectivity index (χ0) is 17.5. The first-order valence-corrected chi connectivity index (χ1v) is 8.88. The molecule has 0 radical (unpaired) electrons. The van der Waals surface area contributed by atoms with Crippen LogP contribution < -0.4 is 15.4 Å². The fourth-order valence-corrected chi connectivity index (χ4v) is 3.21. The number of para-hydroxylation sites is 1. The monoisotopic (exact) mass is 460 g/mol. The average molecular weight is 460 g/mol. The molecule has 0 bridgehead atoms. The van der Waals surface area contributed by atoms with Gasteiger partial charge in [-0.3, -0.25) is 9.89 Å². The van der Waals surface area contributed by atoms with Crippen LogP contribution in [0.25, 0.3) is 0 Å². The standard InChI is InChI=1S/C19H32N4O.HI/c1-14(2)23-12-15(3)17(13-23)22-19(20-4)21-11-10-16-8-6-7-9-18(16)24-5;/h6-9,14-15,17H,10-13H2,1-5H3,(H2,20,21,22);1H. The van der Waals surface area contributed by atoms with Crippen molar-refractivity contribution in [3.05, 3.63) is 29.8 Å². The Labute approximate surface area is 169 Å². The number of benzene rings is 1. The Morgan fingerprint density at radius 3 is 2.64 bits per heavy atom. The Morgan fingerprint density at radius 2 is 2.04 bits per heavy atom. The minimum Gasteiger partial charge on any atom is -0.496 e. The summed E-state index contributed by atoms with van der Waals surface area (Å²) >= 11 is 0. The van der Waals surface area contributed by atoms with Crippen LogP contribution in [0.3, 0.4) is 0 Å². The van der Waals surface area contributed by atoms with Crippen molar-refractivity contribution >= 4 is 29.9 Å². The van der Waals surface area contributed by atoms with Crippen molar-refractivity contribution in [1.82, 2.24) is 15.5 Å². The van der Waals surface area contributed by atoms with E-state index in [1.54, 1.807) is 7.11 Å². The van der Waals surface area contributed by atoms with Gasteiger partial charge in [0.15, 0.2) is 5.96 Å². The molecule has 0 amide bonds. The lowest BCUT2D eigenvalue weighted by Crippen LogP contribution is -2.47. The van der Waals surface area contributed by atoms with Crippen LogP contribution in [0.5, 0.6) is 5.75 Å². The van der Waals surface area contributed by atoms with Gasteiger partial charge in [0.1, 0.15) is 5.75 Å². The van der Waals surface area contributed by atoms with E-state index in [0.29, 0.717) is 18.0 Å². The van der Waals surface area contributed by atoms with Gasteiger partial charge in [0.25, 0.3) is 0 Å². The van der Waals surface area contributed by atoms with E-state index in [9.17, 15) is 0 Å². The van der Waals surface area contributed by atoms with Gasteiger partial charge < -0.3 is 15.4 Å². The van der Waals surface area contributed by atoms with Gasteiger partial charge >= 0.3 is 0 Å². The molecule has 1 heterocycles. The minimum absolute atomic E-state index is 0. The summed E-state index contributed by atoms with van der Waals surface area (Å²) in [5.74, 6) is 2.45. The number of hydrogen-bond acceptors (Lipinski definition) is 3. The van der Waals surface area contributed by atoms with Gasteiger partial charge in [-0.1, -0.05) is 25.1 Å². The molecule has 1 aliphatic heterocycles. The van der Waals surface area contributed by atoms with Gasteiger partial charge in [-0.15, -0.1) is 24.0 Å². The molecule has 0 aliphatic carbocycles. The molecular formula is C19H33IN4O. The second kappa shape index (κ2) is 10.9. The fraction of sp³-hybridized carbons (Fsp3) is 0.632. The normalized spacial score (nSPS) is 21.1. The molecule has 1 fully saturated rings. The van der Waals surface area contributed by atoms with Crippen LogP contribution in [0.1, 0.15) is 26.3 Å².